The molecule has 2 nitrogen and oxygen atoms in total. The number of alkyl halides is 3. The topological polar surface area (TPSA) is 29.1 Å². The van der Waals surface area contributed by atoms with Crippen LogP contribution in [-0.2, 0) is 11.0 Å². The van der Waals surface area contributed by atoms with Crippen molar-refractivity contribution in [3.05, 3.63) is 27.2 Å². The summed E-state index contributed by atoms with van der Waals surface area (Å²) in [6.07, 6.45) is -4.58. The lowest BCUT2D eigenvalue weighted by Gasteiger charge is -2.15. The second kappa shape index (κ2) is 4.63. The molecule has 0 aromatic heterocycles. The summed E-state index contributed by atoms with van der Waals surface area (Å²) in [7, 11) is 0. The summed E-state index contributed by atoms with van der Waals surface area (Å²) in [5.41, 5.74) is -1.41. The van der Waals surface area contributed by atoms with Gasteiger partial charge >= 0.3 is 6.18 Å². The molecular weight excluding hydrogens is 310 g/mol. The summed E-state index contributed by atoms with van der Waals surface area (Å²) in [6, 6.07) is 2.14. The van der Waals surface area contributed by atoms with Crippen LogP contribution in [0.2, 0.25) is 5.02 Å². The van der Waals surface area contributed by atoms with Crippen molar-refractivity contribution < 1.29 is 18.0 Å². The van der Waals surface area contributed by atoms with Gasteiger partial charge in [0.05, 0.1) is 16.3 Å². The molecule has 1 amide bonds. The van der Waals surface area contributed by atoms with Crippen molar-refractivity contribution in [3.8, 4) is 0 Å². The Kier molecular flexibility index (Phi) is 3.85. The predicted octanol–water partition coefficient (Wildman–Crippen LogP) is 4.08. The Morgan fingerprint density at radius 1 is 1.44 bits per heavy atom. The molecule has 0 unspecified atom stereocenters. The van der Waals surface area contributed by atoms with Gasteiger partial charge in [-0.2, -0.15) is 13.2 Å². The molecule has 0 fully saturated rings. The molecule has 0 heterocycles. The number of benzene rings is 1. The van der Waals surface area contributed by atoms with E-state index in [0.29, 0.717) is 0 Å². The summed E-state index contributed by atoms with van der Waals surface area (Å²) < 4.78 is 38.1. The van der Waals surface area contributed by atoms with Gasteiger partial charge in [0.1, 0.15) is 0 Å². The van der Waals surface area contributed by atoms with Crippen LogP contribution in [0.15, 0.2) is 16.6 Å². The largest absolute Gasteiger partial charge is 0.418 e. The molecule has 7 heteroatoms. The number of hydrogen-bond donors (Lipinski definition) is 1. The highest BCUT2D eigenvalue weighted by atomic mass is 79.9. The van der Waals surface area contributed by atoms with Crippen molar-refractivity contribution in [3.63, 3.8) is 0 Å². The molecule has 1 N–H and O–H groups in total. The SMILES string of the molecule is CC(=O)Nc1c(Cl)cc(Br)cc1C(F)(F)F. The number of carbonyl (C=O) groups is 1. The zero-order valence-electron chi connectivity index (χ0n) is 7.95. The Labute approximate surface area is 103 Å². The number of amides is 1. The third-order valence-electron chi connectivity index (χ3n) is 1.66. The maximum Gasteiger partial charge on any atom is 0.418 e. The van der Waals surface area contributed by atoms with Gasteiger partial charge in [-0.3, -0.25) is 4.79 Å². The first-order valence-electron chi connectivity index (χ1n) is 4.05. The van der Waals surface area contributed by atoms with E-state index in [2.05, 4.69) is 21.2 Å². The fraction of sp³-hybridized carbons (Fsp3) is 0.222. The molecule has 0 spiro atoms. The maximum atomic E-state index is 12.6. The molecule has 0 bridgehead atoms. The Balaban J connectivity index is 3.38. The zero-order valence-corrected chi connectivity index (χ0v) is 10.3. The Hall–Kier alpha value is -0.750. The van der Waals surface area contributed by atoms with Crippen LogP contribution in [0, 0.1) is 0 Å². The smallest absolute Gasteiger partial charge is 0.325 e. The molecule has 16 heavy (non-hydrogen) atoms. The Bertz CT molecular complexity index is 433. The minimum atomic E-state index is -4.58. The van der Waals surface area contributed by atoms with E-state index in [1.807, 2.05) is 0 Å². The number of nitrogens with one attached hydrogen (secondary N) is 1. The van der Waals surface area contributed by atoms with Crippen molar-refractivity contribution in [1.29, 1.82) is 0 Å². The first-order valence-corrected chi connectivity index (χ1v) is 5.22. The number of rotatable bonds is 1. The van der Waals surface area contributed by atoms with E-state index < -0.39 is 23.3 Å². The van der Waals surface area contributed by atoms with Crippen molar-refractivity contribution in [2.24, 2.45) is 0 Å². The minimum absolute atomic E-state index is 0.170. The van der Waals surface area contributed by atoms with Crippen LogP contribution in [0.4, 0.5) is 18.9 Å². The molecule has 0 radical (unpaired) electrons. The van der Waals surface area contributed by atoms with Crippen molar-refractivity contribution in [2.75, 3.05) is 5.32 Å². The Morgan fingerprint density at radius 2 is 2.00 bits per heavy atom. The van der Waals surface area contributed by atoms with Crippen LogP contribution in [0.5, 0.6) is 0 Å². The summed E-state index contributed by atoms with van der Waals surface area (Å²) >= 11 is 8.55. The second-order valence-corrected chi connectivity index (χ2v) is 4.31. The molecule has 0 saturated heterocycles. The highest BCUT2D eigenvalue weighted by Gasteiger charge is 2.35. The first-order chi connectivity index (χ1) is 7.21. The Morgan fingerprint density at radius 3 is 2.44 bits per heavy atom. The van der Waals surface area contributed by atoms with Gasteiger partial charge in [0.25, 0.3) is 0 Å². The van der Waals surface area contributed by atoms with Gasteiger partial charge in [-0.05, 0) is 12.1 Å². The van der Waals surface area contributed by atoms with E-state index in [1.54, 1.807) is 0 Å². The zero-order chi connectivity index (χ0) is 12.5. The molecule has 1 aromatic carbocycles. The van der Waals surface area contributed by atoms with Crippen LogP contribution in [0.1, 0.15) is 12.5 Å². The quantitative estimate of drug-likeness (QED) is 0.831. The van der Waals surface area contributed by atoms with Gasteiger partial charge in [-0.1, -0.05) is 27.5 Å². The summed E-state index contributed by atoms with van der Waals surface area (Å²) in [5.74, 6) is -0.616. The van der Waals surface area contributed by atoms with Crippen molar-refractivity contribution in [2.45, 2.75) is 13.1 Å². The lowest BCUT2D eigenvalue weighted by molar-refractivity contribution is -0.137. The number of hydrogen-bond acceptors (Lipinski definition) is 1. The molecule has 1 rings (SSSR count). The fourth-order valence-corrected chi connectivity index (χ4v) is 1.96. The van der Waals surface area contributed by atoms with Crippen LogP contribution in [-0.4, -0.2) is 5.91 Å². The van der Waals surface area contributed by atoms with Crippen LogP contribution < -0.4 is 5.32 Å². The first kappa shape index (κ1) is 13.3. The van der Waals surface area contributed by atoms with Gasteiger partial charge in [0, 0.05) is 11.4 Å². The van der Waals surface area contributed by atoms with E-state index in [-0.39, 0.29) is 9.50 Å². The molecular formula is C9H6BrClF3NO. The van der Waals surface area contributed by atoms with E-state index in [1.165, 1.54) is 6.07 Å². The fourth-order valence-electron chi connectivity index (χ4n) is 1.10. The lowest BCUT2D eigenvalue weighted by atomic mass is 10.1. The summed E-state index contributed by atoms with van der Waals surface area (Å²) in [6.45, 7) is 1.11. The van der Waals surface area contributed by atoms with Crippen LogP contribution in [0.3, 0.4) is 0 Å². The monoisotopic (exact) mass is 315 g/mol. The average Bonchev–Trinajstić information content (AvgIpc) is 2.06. The highest BCUT2D eigenvalue weighted by Crippen LogP contribution is 2.40. The third-order valence-corrected chi connectivity index (χ3v) is 2.42. The lowest BCUT2D eigenvalue weighted by Crippen LogP contribution is -2.14. The van der Waals surface area contributed by atoms with Crippen LogP contribution >= 0.6 is 27.5 Å². The summed E-state index contributed by atoms with van der Waals surface area (Å²) in [5, 5.41) is 1.89. The number of halogens is 5. The van der Waals surface area contributed by atoms with E-state index in [4.69, 9.17) is 11.6 Å². The molecule has 0 saturated carbocycles. The van der Waals surface area contributed by atoms with E-state index in [0.717, 1.165) is 13.0 Å². The molecule has 1 aromatic rings. The molecule has 0 atom stereocenters. The van der Waals surface area contributed by atoms with Crippen molar-refractivity contribution in [1.82, 2.24) is 0 Å². The van der Waals surface area contributed by atoms with E-state index >= 15 is 0 Å². The van der Waals surface area contributed by atoms with Gasteiger partial charge in [-0.25, -0.2) is 0 Å². The number of anilines is 1. The number of carbonyl (C=O) groups excluding carboxylic acids is 1. The standard InChI is InChI=1S/C9H6BrClF3NO/c1-4(16)15-8-6(9(12,13)14)2-5(10)3-7(8)11/h2-3H,1H3,(H,15,16). The summed E-state index contributed by atoms with van der Waals surface area (Å²) in [4.78, 5) is 10.8. The highest BCUT2D eigenvalue weighted by molar-refractivity contribution is 9.10. The predicted molar refractivity (Wildman–Crippen MR) is 58.5 cm³/mol. The molecule has 88 valence electrons. The normalized spacial score (nSPS) is 11.4. The third kappa shape index (κ3) is 3.12. The van der Waals surface area contributed by atoms with E-state index in [9.17, 15) is 18.0 Å². The van der Waals surface area contributed by atoms with Gasteiger partial charge in [0.15, 0.2) is 0 Å². The average molecular weight is 317 g/mol. The molecule has 0 aliphatic heterocycles. The maximum absolute atomic E-state index is 12.6. The second-order valence-electron chi connectivity index (χ2n) is 2.99. The minimum Gasteiger partial charge on any atom is -0.325 e. The van der Waals surface area contributed by atoms with Gasteiger partial charge in [0.2, 0.25) is 5.91 Å². The molecule has 0 aliphatic carbocycles. The van der Waals surface area contributed by atoms with Crippen LogP contribution in [0.25, 0.3) is 0 Å². The molecule has 0 aliphatic rings. The van der Waals surface area contributed by atoms with Gasteiger partial charge in [-0.15, -0.1) is 0 Å². The van der Waals surface area contributed by atoms with Gasteiger partial charge < -0.3 is 5.32 Å². The van der Waals surface area contributed by atoms with Crippen molar-refractivity contribution >= 4 is 39.1 Å².